The highest BCUT2D eigenvalue weighted by Gasteiger charge is 2.52. The topological polar surface area (TPSA) is 118 Å². The lowest BCUT2D eigenvalue weighted by molar-refractivity contribution is -0.212. The number of carbonyl (C=O) groups excluding carboxylic acids is 2. The number of nitrogens with one attached hydrogen (secondary N) is 1. The molecule has 0 bridgehead atoms. The molecule has 0 spiro atoms. The van der Waals surface area contributed by atoms with Crippen LogP contribution in [-0.4, -0.2) is 37.1 Å². The molecule has 8 nitrogen and oxygen atoms in total. The van der Waals surface area contributed by atoms with Gasteiger partial charge in [-0.2, -0.15) is 31.6 Å². The zero-order chi connectivity index (χ0) is 26.1. The first-order chi connectivity index (χ1) is 16.2. The zero-order valence-corrected chi connectivity index (χ0v) is 17.7. The Hall–Kier alpha value is -3.99. The largest absolute Gasteiger partial charge is 0.433 e. The van der Waals surface area contributed by atoms with Crippen molar-refractivity contribution in [1.29, 1.82) is 5.26 Å². The van der Waals surface area contributed by atoms with E-state index < -0.39 is 60.0 Å². The molecule has 1 aliphatic heterocycles. The van der Waals surface area contributed by atoms with Crippen molar-refractivity contribution < 1.29 is 45.4 Å². The predicted molar refractivity (Wildman–Crippen MR) is 108 cm³/mol. The lowest BCUT2D eigenvalue weighted by Crippen LogP contribution is -2.42. The van der Waals surface area contributed by atoms with E-state index >= 15 is 0 Å². The summed E-state index contributed by atoms with van der Waals surface area (Å²) in [6.45, 7) is 0.797. The molecule has 1 heterocycles. The fraction of sp³-hybridized carbons (Fsp3) is 0.286. The van der Waals surface area contributed by atoms with E-state index in [1.165, 1.54) is 31.2 Å². The Kier molecular flexibility index (Phi) is 6.84. The minimum Gasteiger partial charge on any atom is -0.410 e. The Morgan fingerprint density at radius 3 is 2.40 bits per heavy atom. The Balaban J connectivity index is 1.86. The molecule has 0 saturated carbocycles. The van der Waals surface area contributed by atoms with Crippen LogP contribution in [0.3, 0.4) is 0 Å². The molecule has 0 aromatic heterocycles. The number of alkyl halides is 6. The fourth-order valence-corrected chi connectivity index (χ4v) is 3.40. The number of nitrogens with two attached hydrogens (primary N) is 1. The summed E-state index contributed by atoms with van der Waals surface area (Å²) in [4.78, 5) is 23.9. The molecule has 2 atom stereocenters. The number of nitriles is 1. The lowest BCUT2D eigenvalue weighted by atomic mass is 10.1. The van der Waals surface area contributed by atoms with E-state index in [0.29, 0.717) is 16.5 Å². The number of ether oxygens (including phenoxy) is 2. The molecule has 2 aromatic rings. The van der Waals surface area contributed by atoms with Crippen molar-refractivity contribution in [3.8, 4) is 11.8 Å². The van der Waals surface area contributed by atoms with Crippen LogP contribution in [0.4, 0.5) is 42.5 Å². The van der Waals surface area contributed by atoms with Crippen LogP contribution in [0, 0.1) is 18.3 Å². The van der Waals surface area contributed by atoms with Gasteiger partial charge in [0.25, 0.3) is 5.91 Å². The minimum atomic E-state index is -5.05. The van der Waals surface area contributed by atoms with Crippen molar-refractivity contribution in [2.75, 3.05) is 16.8 Å². The van der Waals surface area contributed by atoms with Crippen LogP contribution < -0.4 is 20.7 Å². The summed E-state index contributed by atoms with van der Waals surface area (Å²) in [7, 11) is 0. The Labute approximate surface area is 193 Å². The zero-order valence-electron chi connectivity index (χ0n) is 17.7. The molecular formula is C21H16F6N4O4. The third-order valence-electron chi connectivity index (χ3n) is 4.92. The SMILES string of the molecule is Cc1cc(NC(=O)C2CN(c3ccc(C#N)c(C(F)(F)F)c3)C(C(F)(F)F)O2)ccc1OC(N)=O. The summed E-state index contributed by atoms with van der Waals surface area (Å²) >= 11 is 0. The van der Waals surface area contributed by atoms with E-state index in [2.05, 4.69) is 5.32 Å². The smallest absolute Gasteiger partial charge is 0.410 e. The molecule has 1 fully saturated rings. The van der Waals surface area contributed by atoms with E-state index in [4.69, 9.17) is 20.5 Å². The summed E-state index contributed by atoms with van der Waals surface area (Å²) < 4.78 is 90.3. The second-order valence-corrected chi connectivity index (χ2v) is 7.40. The van der Waals surface area contributed by atoms with Gasteiger partial charge in [0.2, 0.25) is 6.23 Å². The number of carbonyl (C=O) groups is 2. The van der Waals surface area contributed by atoms with Gasteiger partial charge in [0.15, 0.2) is 6.10 Å². The molecule has 1 saturated heterocycles. The summed E-state index contributed by atoms with van der Waals surface area (Å²) in [5, 5.41) is 11.3. The summed E-state index contributed by atoms with van der Waals surface area (Å²) in [5.41, 5.74) is 2.73. The average molecular weight is 502 g/mol. The standard InChI is InChI=1S/C21H16F6N4O4/c1-10-6-12(3-5-15(10)35-19(29)33)30-17(32)16-9-31(18(34-16)21(25,26)27)13-4-2-11(8-28)14(7-13)20(22,23)24/h2-7,16,18H,9H2,1H3,(H2,29,33)(H,30,32). The number of anilines is 2. The number of primary amides is 1. The normalized spacial score (nSPS) is 18.2. The van der Waals surface area contributed by atoms with Gasteiger partial charge < -0.3 is 25.4 Å². The Morgan fingerprint density at radius 2 is 1.86 bits per heavy atom. The maximum atomic E-state index is 13.6. The monoisotopic (exact) mass is 502 g/mol. The van der Waals surface area contributed by atoms with E-state index in [1.54, 1.807) is 0 Å². The maximum absolute atomic E-state index is 13.6. The molecule has 14 heteroatoms. The molecule has 3 rings (SSSR count). The summed E-state index contributed by atoms with van der Waals surface area (Å²) in [6.07, 6.45) is -15.5. The first kappa shape index (κ1) is 25.6. The van der Waals surface area contributed by atoms with Gasteiger partial charge in [0, 0.05) is 11.4 Å². The van der Waals surface area contributed by atoms with Gasteiger partial charge in [-0.1, -0.05) is 0 Å². The number of rotatable bonds is 4. The van der Waals surface area contributed by atoms with Crippen molar-refractivity contribution in [2.24, 2.45) is 5.73 Å². The van der Waals surface area contributed by atoms with Crippen LogP contribution >= 0.6 is 0 Å². The van der Waals surface area contributed by atoms with Gasteiger partial charge in [-0.25, -0.2) is 4.79 Å². The molecule has 0 radical (unpaired) electrons. The Morgan fingerprint density at radius 1 is 1.17 bits per heavy atom. The average Bonchev–Trinajstić information content (AvgIpc) is 3.21. The lowest BCUT2D eigenvalue weighted by Gasteiger charge is -2.27. The molecule has 2 aromatic carbocycles. The fourth-order valence-electron chi connectivity index (χ4n) is 3.40. The van der Waals surface area contributed by atoms with Gasteiger partial charge in [-0.15, -0.1) is 0 Å². The highest BCUT2D eigenvalue weighted by molar-refractivity contribution is 5.95. The van der Waals surface area contributed by atoms with Crippen LogP contribution in [0.2, 0.25) is 0 Å². The van der Waals surface area contributed by atoms with Crippen LogP contribution in [0.25, 0.3) is 0 Å². The number of hydrogen-bond donors (Lipinski definition) is 2. The molecular weight excluding hydrogens is 486 g/mol. The van der Waals surface area contributed by atoms with Gasteiger partial charge in [-0.3, -0.25) is 4.79 Å². The number of amides is 2. The van der Waals surface area contributed by atoms with Crippen LogP contribution in [-0.2, 0) is 15.7 Å². The molecule has 3 N–H and O–H groups in total. The summed E-state index contributed by atoms with van der Waals surface area (Å²) in [5.74, 6) is -0.897. The first-order valence-corrected chi connectivity index (χ1v) is 9.69. The highest BCUT2D eigenvalue weighted by Crippen LogP contribution is 2.39. The second kappa shape index (κ2) is 9.34. The van der Waals surface area contributed by atoms with Crippen molar-refractivity contribution in [1.82, 2.24) is 0 Å². The molecule has 0 aliphatic carbocycles. The third-order valence-corrected chi connectivity index (χ3v) is 4.92. The van der Waals surface area contributed by atoms with Crippen LogP contribution in [0.1, 0.15) is 16.7 Å². The van der Waals surface area contributed by atoms with Gasteiger partial charge in [0.1, 0.15) is 5.75 Å². The van der Waals surface area contributed by atoms with Crippen molar-refractivity contribution >= 4 is 23.4 Å². The van der Waals surface area contributed by atoms with E-state index in [9.17, 15) is 35.9 Å². The quantitative estimate of drug-likeness (QED) is 0.609. The van der Waals surface area contributed by atoms with E-state index in [0.717, 1.165) is 12.1 Å². The maximum Gasteiger partial charge on any atom is 0.433 e. The van der Waals surface area contributed by atoms with E-state index in [-0.39, 0.29) is 11.4 Å². The molecule has 2 amide bonds. The molecule has 186 valence electrons. The summed E-state index contributed by atoms with van der Waals surface area (Å²) in [6, 6.07) is 7.37. The highest BCUT2D eigenvalue weighted by atomic mass is 19.4. The van der Waals surface area contributed by atoms with Crippen LogP contribution in [0.5, 0.6) is 5.75 Å². The molecule has 35 heavy (non-hydrogen) atoms. The number of aryl methyl sites for hydroxylation is 1. The van der Waals surface area contributed by atoms with Crippen molar-refractivity contribution in [3.05, 3.63) is 53.1 Å². The van der Waals surface area contributed by atoms with Gasteiger partial charge in [0.05, 0.1) is 23.7 Å². The second-order valence-electron chi connectivity index (χ2n) is 7.40. The number of halogens is 6. The van der Waals surface area contributed by atoms with Gasteiger partial charge >= 0.3 is 18.4 Å². The number of nitrogens with zero attached hydrogens (tertiary/aromatic N) is 2. The Bertz CT molecular complexity index is 1190. The van der Waals surface area contributed by atoms with E-state index in [1.807, 2.05) is 0 Å². The molecule has 2 unspecified atom stereocenters. The number of hydrogen-bond acceptors (Lipinski definition) is 6. The third kappa shape index (κ3) is 5.75. The number of benzene rings is 2. The van der Waals surface area contributed by atoms with Crippen LogP contribution in [0.15, 0.2) is 36.4 Å². The van der Waals surface area contributed by atoms with Crippen molar-refractivity contribution in [3.63, 3.8) is 0 Å². The predicted octanol–water partition coefficient (Wildman–Crippen LogP) is 4.08. The van der Waals surface area contributed by atoms with Gasteiger partial charge in [-0.05, 0) is 48.9 Å². The molecule has 1 aliphatic rings. The van der Waals surface area contributed by atoms with Crippen molar-refractivity contribution in [2.45, 2.75) is 31.6 Å². The first-order valence-electron chi connectivity index (χ1n) is 9.69. The minimum absolute atomic E-state index is 0.0946.